The summed E-state index contributed by atoms with van der Waals surface area (Å²) in [5.74, 6) is 0.321. The first kappa shape index (κ1) is 19.7. The van der Waals surface area contributed by atoms with Gasteiger partial charge in [-0.2, -0.15) is 0 Å². The third-order valence-corrected chi connectivity index (χ3v) is 5.55. The highest BCUT2D eigenvalue weighted by molar-refractivity contribution is 7.14. The first-order valence-corrected chi connectivity index (χ1v) is 9.89. The van der Waals surface area contributed by atoms with Gasteiger partial charge in [-0.05, 0) is 49.2 Å². The Morgan fingerprint density at radius 1 is 1.15 bits per heavy atom. The van der Waals surface area contributed by atoms with Crippen LogP contribution in [0.4, 0.5) is 10.8 Å². The minimum absolute atomic E-state index is 0.103. The average Bonchev–Trinajstić information content (AvgIpc) is 3.06. The number of benzene rings is 2. The Balaban J connectivity index is 1.82. The number of hydrogen-bond acceptors (Lipinski definition) is 4. The lowest BCUT2D eigenvalue weighted by atomic mass is 10.1. The van der Waals surface area contributed by atoms with Crippen molar-refractivity contribution in [1.82, 2.24) is 4.98 Å². The first-order chi connectivity index (χ1) is 12.9. The van der Waals surface area contributed by atoms with Gasteiger partial charge in [-0.3, -0.25) is 9.69 Å². The van der Waals surface area contributed by atoms with Crippen molar-refractivity contribution in [3.8, 4) is 5.75 Å². The monoisotopic (exact) mass is 420 g/mol. The van der Waals surface area contributed by atoms with Crippen molar-refractivity contribution in [2.24, 2.45) is 0 Å². The Kier molecular flexibility index (Phi) is 6.05. The van der Waals surface area contributed by atoms with Crippen LogP contribution in [-0.2, 0) is 11.4 Å². The van der Waals surface area contributed by atoms with Crippen LogP contribution in [0.25, 0.3) is 0 Å². The predicted molar refractivity (Wildman–Crippen MR) is 112 cm³/mol. The van der Waals surface area contributed by atoms with E-state index in [1.54, 1.807) is 23.1 Å². The molecule has 0 atom stereocenters. The second-order valence-corrected chi connectivity index (χ2v) is 7.73. The lowest BCUT2D eigenvalue weighted by Gasteiger charge is -2.19. The molecule has 4 nitrogen and oxygen atoms in total. The molecule has 2 aromatic carbocycles. The van der Waals surface area contributed by atoms with E-state index in [0.717, 1.165) is 11.3 Å². The van der Waals surface area contributed by atoms with Crippen molar-refractivity contribution in [1.29, 1.82) is 0 Å². The van der Waals surface area contributed by atoms with Gasteiger partial charge in [0, 0.05) is 12.3 Å². The average molecular weight is 421 g/mol. The fourth-order valence-corrected chi connectivity index (χ4v) is 3.90. The van der Waals surface area contributed by atoms with Gasteiger partial charge in [0.05, 0.1) is 21.4 Å². The van der Waals surface area contributed by atoms with E-state index in [9.17, 15) is 4.79 Å². The van der Waals surface area contributed by atoms with E-state index >= 15 is 0 Å². The van der Waals surface area contributed by atoms with E-state index in [0.29, 0.717) is 26.6 Å². The van der Waals surface area contributed by atoms with Gasteiger partial charge in [-0.15, -0.1) is 11.3 Å². The van der Waals surface area contributed by atoms with Crippen molar-refractivity contribution < 1.29 is 9.53 Å². The molecule has 0 aliphatic carbocycles. The first-order valence-electron chi connectivity index (χ1n) is 8.26. The largest absolute Gasteiger partial charge is 0.484 e. The molecule has 0 aliphatic rings. The Morgan fingerprint density at radius 2 is 1.85 bits per heavy atom. The third-order valence-electron chi connectivity index (χ3n) is 4.08. The van der Waals surface area contributed by atoms with E-state index < -0.39 is 0 Å². The number of thiazole rings is 1. The summed E-state index contributed by atoms with van der Waals surface area (Å²) in [4.78, 5) is 18.4. The number of rotatable bonds is 5. The highest BCUT2D eigenvalue weighted by Gasteiger charge is 2.19. The molecule has 3 aromatic rings. The zero-order chi connectivity index (χ0) is 19.6. The molecule has 1 amide bonds. The lowest BCUT2D eigenvalue weighted by Crippen LogP contribution is -2.22. The SMILES string of the molecule is CC(=O)N(c1ccc(C)c(C)c1)c1nc(COc2c(Cl)cccc2Cl)cs1. The van der Waals surface area contributed by atoms with Gasteiger partial charge in [0.15, 0.2) is 10.9 Å². The van der Waals surface area contributed by atoms with E-state index in [4.69, 9.17) is 27.9 Å². The summed E-state index contributed by atoms with van der Waals surface area (Å²) in [6.07, 6.45) is 0. The molecule has 0 unspecified atom stereocenters. The highest BCUT2D eigenvalue weighted by atomic mass is 35.5. The third kappa shape index (κ3) is 4.43. The van der Waals surface area contributed by atoms with E-state index in [1.807, 2.05) is 37.4 Å². The van der Waals surface area contributed by atoms with Crippen LogP contribution in [0.3, 0.4) is 0 Å². The van der Waals surface area contributed by atoms with Gasteiger partial charge < -0.3 is 4.74 Å². The summed E-state index contributed by atoms with van der Waals surface area (Å²) in [5, 5.41) is 3.34. The van der Waals surface area contributed by atoms with Gasteiger partial charge in [-0.25, -0.2) is 4.98 Å². The Morgan fingerprint density at radius 3 is 2.48 bits per heavy atom. The number of aryl methyl sites for hydroxylation is 2. The molecule has 140 valence electrons. The molecule has 27 heavy (non-hydrogen) atoms. The van der Waals surface area contributed by atoms with Crippen molar-refractivity contribution in [3.63, 3.8) is 0 Å². The number of carbonyl (C=O) groups is 1. The minimum Gasteiger partial charge on any atom is -0.484 e. The summed E-state index contributed by atoms with van der Waals surface area (Å²) in [6, 6.07) is 11.1. The van der Waals surface area contributed by atoms with Crippen LogP contribution in [-0.4, -0.2) is 10.9 Å². The van der Waals surface area contributed by atoms with Crippen molar-refractivity contribution in [2.75, 3.05) is 4.90 Å². The number of ether oxygens (including phenoxy) is 1. The predicted octanol–water partition coefficient (Wildman–Crippen LogP) is 6.33. The maximum atomic E-state index is 12.2. The number of nitrogens with zero attached hydrogens (tertiary/aromatic N) is 2. The van der Waals surface area contributed by atoms with Crippen molar-refractivity contribution in [2.45, 2.75) is 27.4 Å². The van der Waals surface area contributed by atoms with Gasteiger partial charge in [0.2, 0.25) is 5.91 Å². The Bertz CT molecular complexity index is 968. The van der Waals surface area contributed by atoms with Crippen molar-refractivity contribution in [3.05, 3.63) is 68.6 Å². The normalized spacial score (nSPS) is 10.7. The van der Waals surface area contributed by atoms with E-state index in [2.05, 4.69) is 4.98 Å². The van der Waals surface area contributed by atoms with Gasteiger partial charge in [-0.1, -0.05) is 35.3 Å². The number of anilines is 2. The maximum Gasteiger partial charge on any atom is 0.230 e. The fraction of sp³-hybridized carbons (Fsp3) is 0.200. The number of halogens is 2. The summed E-state index contributed by atoms with van der Waals surface area (Å²) in [5.41, 5.74) is 3.78. The van der Waals surface area contributed by atoms with Crippen LogP contribution in [0, 0.1) is 13.8 Å². The maximum absolute atomic E-state index is 12.2. The molecule has 0 spiro atoms. The summed E-state index contributed by atoms with van der Waals surface area (Å²) >= 11 is 13.6. The van der Waals surface area contributed by atoms with E-state index in [1.165, 1.54) is 23.8 Å². The molecule has 0 saturated carbocycles. The number of amides is 1. The van der Waals surface area contributed by atoms with Crippen LogP contribution in [0.2, 0.25) is 10.0 Å². The van der Waals surface area contributed by atoms with Gasteiger partial charge in [0.25, 0.3) is 0 Å². The molecule has 0 radical (unpaired) electrons. The van der Waals surface area contributed by atoms with Crippen LogP contribution >= 0.6 is 34.5 Å². The van der Waals surface area contributed by atoms with Crippen LogP contribution in [0.15, 0.2) is 41.8 Å². The number of aromatic nitrogens is 1. The van der Waals surface area contributed by atoms with Crippen LogP contribution in [0.5, 0.6) is 5.75 Å². The minimum atomic E-state index is -0.103. The zero-order valence-corrected chi connectivity index (χ0v) is 17.5. The standard InChI is InChI=1S/C20H18Cl2N2O2S/c1-12-7-8-16(9-13(12)2)24(14(3)25)20-23-15(11-27-20)10-26-19-17(21)5-4-6-18(19)22/h4-9,11H,10H2,1-3H3. The zero-order valence-electron chi connectivity index (χ0n) is 15.1. The second-order valence-electron chi connectivity index (χ2n) is 6.08. The lowest BCUT2D eigenvalue weighted by molar-refractivity contribution is -0.115. The molecule has 1 aromatic heterocycles. The highest BCUT2D eigenvalue weighted by Crippen LogP contribution is 2.34. The second kappa shape index (κ2) is 8.30. The molecule has 0 N–H and O–H groups in total. The molecule has 0 fully saturated rings. The Hall–Kier alpha value is -2.08. The van der Waals surface area contributed by atoms with Gasteiger partial charge >= 0.3 is 0 Å². The molecule has 3 rings (SSSR count). The van der Waals surface area contributed by atoms with Crippen LogP contribution in [0.1, 0.15) is 23.7 Å². The molecule has 7 heteroatoms. The molecule has 0 aliphatic heterocycles. The number of hydrogen-bond donors (Lipinski definition) is 0. The van der Waals surface area contributed by atoms with Crippen LogP contribution < -0.4 is 9.64 Å². The number of para-hydroxylation sites is 1. The molecular formula is C20H18Cl2N2O2S. The van der Waals surface area contributed by atoms with E-state index in [-0.39, 0.29) is 12.5 Å². The summed E-state index contributed by atoms with van der Waals surface area (Å²) < 4.78 is 5.72. The summed E-state index contributed by atoms with van der Waals surface area (Å²) in [6.45, 7) is 5.79. The molecule has 0 saturated heterocycles. The number of carbonyl (C=O) groups excluding carboxylic acids is 1. The summed E-state index contributed by atoms with van der Waals surface area (Å²) in [7, 11) is 0. The smallest absolute Gasteiger partial charge is 0.230 e. The Labute approximate surface area is 172 Å². The fourth-order valence-electron chi connectivity index (χ4n) is 2.52. The quantitative estimate of drug-likeness (QED) is 0.484. The topological polar surface area (TPSA) is 42.4 Å². The molecule has 0 bridgehead atoms. The van der Waals surface area contributed by atoms with Gasteiger partial charge in [0.1, 0.15) is 6.61 Å². The van der Waals surface area contributed by atoms with Crippen molar-refractivity contribution >= 4 is 51.3 Å². The molecule has 1 heterocycles. The molecular weight excluding hydrogens is 403 g/mol.